The Kier molecular flexibility index (Phi) is 7.95. The van der Waals surface area contributed by atoms with Gasteiger partial charge in [0, 0.05) is 22.8 Å². The van der Waals surface area contributed by atoms with Gasteiger partial charge in [0.1, 0.15) is 5.82 Å². The molecule has 2 aromatic rings. The predicted octanol–water partition coefficient (Wildman–Crippen LogP) is 3.84. The third-order valence-corrected chi connectivity index (χ3v) is 3.98. The fraction of sp³-hybridized carbons (Fsp3) is 0.250. The van der Waals surface area contributed by atoms with Crippen LogP contribution >= 0.6 is 11.6 Å². The maximum atomic E-state index is 13.9. The van der Waals surface area contributed by atoms with Crippen molar-refractivity contribution in [3.05, 3.63) is 58.9 Å². The van der Waals surface area contributed by atoms with E-state index in [2.05, 4.69) is 21.2 Å². The molecule has 6 nitrogen and oxygen atoms in total. The van der Waals surface area contributed by atoms with E-state index < -0.39 is 17.6 Å². The Morgan fingerprint density at radius 2 is 1.89 bits per heavy atom. The van der Waals surface area contributed by atoms with Crippen molar-refractivity contribution in [2.45, 2.75) is 20.3 Å². The fourth-order valence-corrected chi connectivity index (χ4v) is 2.41. The first-order chi connectivity index (χ1) is 13.4. The second-order valence-corrected chi connectivity index (χ2v) is 6.91. The van der Waals surface area contributed by atoms with Gasteiger partial charge in [-0.05, 0) is 42.7 Å². The lowest BCUT2D eigenvalue weighted by atomic mass is 10.1. The normalized spacial score (nSPS) is 10.9. The highest BCUT2D eigenvalue weighted by atomic mass is 35.5. The van der Waals surface area contributed by atoms with Gasteiger partial charge in [-0.15, -0.1) is 0 Å². The molecule has 0 radical (unpaired) electrons. The van der Waals surface area contributed by atoms with Crippen LogP contribution in [0.5, 0.6) is 0 Å². The second kappa shape index (κ2) is 10.4. The average Bonchev–Trinajstić information content (AvgIpc) is 2.65. The van der Waals surface area contributed by atoms with Gasteiger partial charge in [0.05, 0.1) is 11.9 Å². The molecule has 0 saturated heterocycles. The third-order valence-electron chi connectivity index (χ3n) is 3.74. The summed E-state index contributed by atoms with van der Waals surface area (Å²) in [7, 11) is 0. The Morgan fingerprint density at radius 1 is 1.14 bits per heavy atom. The van der Waals surface area contributed by atoms with Crippen LogP contribution in [0.2, 0.25) is 5.02 Å². The van der Waals surface area contributed by atoms with E-state index in [0.717, 1.165) is 6.42 Å². The van der Waals surface area contributed by atoms with Crippen LogP contribution in [0.15, 0.2) is 47.6 Å². The molecule has 2 rings (SSSR count). The molecular weight excluding hydrogens is 383 g/mol. The maximum absolute atomic E-state index is 13.9. The van der Waals surface area contributed by atoms with Crippen LogP contribution in [0, 0.1) is 11.7 Å². The number of hydrogen-bond donors (Lipinski definition) is 3. The number of anilines is 2. The lowest BCUT2D eigenvalue weighted by Gasteiger charge is -2.11. The van der Waals surface area contributed by atoms with E-state index in [0.29, 0.717) is 28.7 Å². The summed E-state index contributed by atoms with van der Waals surface area (Å²) in [4.78, 5) is 23.5. The topological polar surface area (TPSA) is 82.6 Å². The van der Waals surface area contributed by atoms with Crippen molar-refractivity contribution in [1.29, 1.82) is 0 Å². The van der Waals surface area contributed by atoms with E-state index in [1.807, 2.05) is 13.8 Å². The minimum absolute atomic E-state index is 0.285. The molecule has 2 aromatic carbocycles. The molecule has 8 heteroatoms. The Morgan fingerprint density at radius 3 is 2.61 bits per heavy atom. The molecule has 0 aromatic heterocycles. The molecule has 0 bridgehead atoms. The van der Waals surface area contributed by atoms with Gasteiger partial charge in [0.25, 0.3) is 0 Å². The van der Waals surface area contributed by atoms with E-state index in [1.165, 1.54) is 12.3 Å². The first-order valence-corrected chi connectivity index (χ1v) is 9.17. The van der Waals surface area contributed by atoms with Gasteiger partial charge in [0.2, 0.25) is 0 Å². The van der Waals surface area contributed by atoms with Gasteiger partial charge in [0.15, 0.2) is 0 Å². The van der Waals surface area contributed by atoms with Crippen LogP contribution in [0.3, 0.4) is 0 Å². The summed E-state index contributed by atoms with van der Waals surface area (Å²) in [6.07, 6.45) is 2.10. The minimum atomic E-state index is -0.870. The molecule has 0 atom stereocenters. The monoisotopic (exact) mass is 404 g/mol. The molecular formula is C20H22ClFN4O2. The van der Waals surface area contributed by atoms with E-state index in [1.54, 1.807) is 36.4 Å². The molecule has 0 unspecified atom stereocenters. The summed E-state index contributed by atoms with van der Waals surface area (Å²) in [6.45, 7) is 4.46. The Balaban J connectivity index is 2.02. The lowest BCUT2D eigenvalue weighted by molar-refractivity contribution is -0.139. The fourth-order valence-electron chi connectivity index (χ4n) is 2.23. The summed E-state index contributed by atoms with van der Waals surface area (Å²) in [5.41, 5.74) is 3.50. The average molecular weight is 405 g/mol. The van der Waals surface area contributed by atoms with Crippen LogP contribution in [-0.2, 0) is 9.59 Å². The molecule has 0 heterocycles. The van der Waals surface area contributed by atoms with Crippen molar-refractivity contribution in [3.63, 3.8) is 0 Å². The van der Waals surface area contributed by atoms with Gasteiger partial charge >= 0.3 is 11.8 Å². The molecule has 0 spiro atoms. The van der Waals surface area contributed by atoms with Crippen LogP contribution in [-0.4, -0.2) is 24.6 Å². The number of carbonyl (C=O) groups excluding carboxylic acids is 2. The minimum Gasteiger partial charge on any atom is -0.353 e. The maximum Gasteiger partial charge on any atom is 0.329 e. The summed E-state index contributed by atoms with van der Waals surface area (Å²) >= 11 is 6.01. The first kappa shape index (κ1) is 21.4. The number of para-hydroxylation sites is 1. The molecule has 0 fully saturated rings. The van der Waals surface area contributed by atoms with Crippen LogP contribution < -0.4 is 16.1 Å². The molecule has 0 aliphatic rings. The van der Waals surface area contributed by atoms with Crippen LogP contribution in [0.25, 0.3) is 0 Å². The molecule has 0 saturated carbocycles. The van der Waals surface area contributed by atoms with Crippen molar-refractivity contribution in [1.82, 2.24) is 10.7 Å². The summed E-state index contributed by atoms with van der Waals surface area (Å²) < 4.78 is 13.9. The van der Waals surface area contributed by atoms with E-state index >= 15 is 0 Å². The number of hydrazone groups is 1. The highest BCUT2D eigenvalue weighted by molar-refractivity contribution is 6.35. The van der Waals surface area contributed by atoms with Crippen molar-refractivity contribution >= 4 is 41.0 Å². The zero-order valence-electron chi connectivity index (χ0n) is 15.6. The van der Waals surface area contributed by atoms with Crippen molar-refractivity contribution < 1.29 is 14.0 Å². The smallest absolute Gasteiger partial charge is 0.329 e. The number of rotatable bonds is 7. The standard InChI is InChI=1S/C20H22ClFN4O2/c1-13(2)9-10-23-19(27)20(28)26-24-12-14-11-15(21)7-8-17(14)25-18-6-4-3-5-16(18)22/h3-8,11-13,25H,9-10H2,1-2H3,(H,23,27)(H,26,28)/b24-12-. The molecule has 148 valence electrons. The Bertz CT molecular complexity index is 871. The van der Waals surface area contributed by atoms with Crippen LogP contribution in [0.1, 0.15) is 25.8 Å². The molecule has 0 aliphatic carbocycles. The quantitative estimate of drug-likeness (QED) is 0.372. The summed E-state index contributed by atoms with van der Waals surface area (Å²) in [5, 5.41) is 9.71. The highest BCUT2D eigenvalue weighted by Gasteiger charge is 2.12. The van der Waals surface area contributed by atoms with Crippen LogP contribution in [0.4, 0.5) is 15.8 Å². The van der Waals surface area contributed by atoms with Crippen molar-refractivity contribution in [2.75, 3.05) is 11.9 Å². The summed E-state index contributed by atoms with van der Waals surface area (Å²) in [6, 6.07) is 11.1. The molecule has 0 aliphatic heterocycles. The van der Waals surface area contributed by atoms with Gasteiger partial charge < -0.3 is 10.6 Å². The van der Waals surface area contributed by atoms with Gasteiger partial charge in [-0.25, -0.2) is 9.82 Å². The number of halogens is 2. The van der Waals surface area contributed by atoms with E-state index in [-0.39, 0.29) is 5.69 Å². The van der Waals surface area contributed by atoms with Crippen molar-refractivity contribution in [2.24, 2.45) is 11.0 Å². The molecule has 28 heavy (non-hydrogen) atoms. The zero-order valence-corrected chi connectivity index (χ0v) is 16.4. The van der Waals surface area contributed by atoms with E-state index in [4.69, 9.17) is 11.6 Å². The molecule has 2 amide bonds. The van der Waals surface area contributed by atoms with E-state index in [9.17, 15) is 14.0 Å². The van der Waals surface area contributed by atoms with Gasteiger partial charge in [-0.1, -0.05) is 37.6 Å². The SMILES string of the molecule is CC(C)CCNC(=O)C(=O)N/N=C\c1cc(Cl)ccc1Nc1ccccc1F. The first-order valence-electron chi connectivity index (χ1n) is 8.79. The summed E-state index contributed by atoms with van der Waals surface area (Å²) in [5.74, 6) is -1.62. The third kappa shape index (κ3) is 6.66. The number of amides is 2. The second-order valence-electron chi connectivity index (χ2n) is 6.47. The Labute approximate surface area is 168 Å². The number of carbonyl (C=O) groups is 2. The van der Waals surface area contributed by atoms with Gasteiger partial charge in [-0.2, -0.15) is 5.10 Å². The highest BCUT2D eigenvalue weighted by Crippen LogP contribution is 2.24. The van der Waals surface area contributed by atoms with Gasteiger partial charge in [-0.3, -0.25) is 9.59 Å². The number of benzene rings is 2. The number of hydrogen-bond acceptors (Lipinski definition) is 4. The lowest BCUT2D eigenvalue weighted by Crippen LogP contribution is -2.38. The van der Waals surface area contributed by atoms with Crippen molar-refractivity contribution in [3.8, 4) is 0 Å². The number of nitrogens with zero attached hydrogens (tertiary/aromatic N) is 1. The predicted molar refractivity (Wildman–Crippen MR) is 109 cm³/mol. The molecule has 3 N–H and O–H groups in total. The number of nitrogens with one attached hydrogen (secondary N) is 3. The largest absolute Gasteiger partial charge is 0.353 e. The zero-order chi connectivity index (χ0) is 20.5. The Hall–Kier alpha value is -2.93.